The van der Waals surface area contributed by atoms with Gasteiger partial charge >= 0.3 is 0 Å². The van der Waals surface area contributed by atoms with Crippen LogP contribution < -0.4 is 10.9 Å². The SMILES string of the molecule is CCNc1ncnc2sc3c(=O)n(C4CCC(SC)CC4)cnc3c12. The van der Waals surface area contributed by atoms with Crippen molar-refractivity contribution in [3.63, 3.8) is 0 Å². The lowest BCUT2D eigenvalue weighted by molar-refractivity contribution is 0.351. The zero-order valence-electron chi connectivity index (χ0n) is 14.4. The highest BCUT2D eigenvalue weighted by molar-refractivity contribution is 7.99. The molecular formula is C17H21N5OS2. The van der Waals surface area contributed by atoms with Gasteiger partial charge in [0.05, 0.1) is 11.7 Å². The second-order valence-electron chi connectivity index (χ2n) is 6.34. The van der Waals surface area contributed by atoms with Gasteiger partial charge < -0.3 is 5.32 Å². The van der Waals surface area contributed by atoms with Gasteiger partial charge in [-0.1, -0.05) is 0 Å². The summed E-state index contributed by atoms with van der Waals surface area (Å²) in [5.74, 6) is 0.754. The molecule has 4 rings (SSSR count). The Morgan fingerprint density at radius 1 is 1.28 bits per heavy atom. The molecule has 132 valence electrons. The molecule has 0 aliphatic heterocycles. The second-order valence-corrected chi connectivity index (χ2v) is 8.47. The summed E-state index contributed by atoms with van der Waals surface area (Å²) in [6, 6.07) is 0.261. The number of thiophene rings is 1. The van der Waals surface area contributed by atoms with E-state index in [1.165, 1.54) is 30.5 Å². The molecule has 0 amide bonds. The molecule has 0 spiro atoms. The van der Waals surface area contributed by atoms with Crippen LogP contribution in [0.5, 0.6) is 0 Å². The molecule has 1 aliphatic carbocycles. The number of rotatable bonds is 4. The molecule has 0 atom stereocenters. The summed E-state index contributed by atoms with van der Waals surface area (Å²) in [5.41, 5.74) is 0.777. The first-order chi connectivity index (χ1) is 12.2. The third-order valence-corrected chi connectivity index (χ3v) is 7.13. The van der Waals surface area contributed by atoms with Gasteiger partial charge in [0.25, 0.3) is 5.56 Å². The molecule has 0 aromatic carbocycles. The normalized spacial score (nSPS) is 21.0. The van der Waals surface area contributed by atoms with Gasteiger partial charge in [-0.15, -0.1) is 11.3 Å². The average molecular weight is 376 g/mol. The molecule has 3 aromatic rings. The topological polar surface area (TPSA) is 72.7 Å². The second kappa shape index (κ2) is 6.92. The molecule has 1 fully saturated rings. The van der Waals surface area contributed by atoms with Crippen LogP contribution in [0.25, 0.3) is 20.4 Å². The molecule has 0 radical (unpaired) electrons. The highest BCUT2D eigenvalue weighted by atomic mass is 32.2. The summed E-state index contributed by atoms with van der Waals surface area (Å²) in [4.78, 5) is 27.2. The van der Waals surface area contributed by atoms with Gasteiger partial charge in [-0.2, -0.15) is 11.8 Å². The minimum Gasteiger partial charge on any atom is -0.370 e. The molecule has 0 bridgehead atoms. The zero-order chi connectivity index (χ0) is 17.4. The molecule has 0 saturated heterocycles. The fourth-order valence-corrected chi connectivity index (χ4v) is 5.37. The van der Waals surface area contributed by atoms with Crippen molar-refractivity contribution in [2.24, 2.45) is 0 Å². The quantitative estimate of drug-likeness (QED) is 0.750. The van der Waals surface area contributed by atoms with Crippen molar-refractivity contribution < 1.29 is 0 Å². The molecule has 1 aliphatic rings. The lowest BCUT2D eigenvalue weighted by Crippen LogP contribution is -2.28. The number of anilines is 1. The first-order valence-corrected chi connectivity index (χ1v) is 10.7. The summed E-state index contributed by atoms with van der Waals surface area (Å²) < 4.78 is 2.53. The standard InChI is InChI=1S/C17H21N5OS2/c1-3-18-15-12-13-14(25-16(12)20-8-19-15)17(23)22(9-21-13)10-4-6-11(24-2)7-5-10/h8-11H,3-7H2,1-2H3,(H,18,19,20). The van der Waals surface area contributed by atoms with Crippen LogP contribution in [0.15, 0.2) is 17.4 Å². The van der Waals surface area contributed by atoms with Gasteiger partial charge in [-0.05, 0) is 38.9 Å². The lowest BCUT2D eigenvalue weighted by atomic mass is 9.95. The molecule has 1 N–H and O–H groups in total. The number of nitrogens with one attached hydrogen (secondary N) is 1. The number of thioether (sulfide) groups is 1. The summed E-state index contributed by atoms with van der Waals surface area (Å²) >= 11 is 3.36. The zero-order valence-corrected chi connectivity index (χ0v) is 16.0. The Hall–Kier alpha value is -1.67. The van der Waals surface area contributed by atoms with Gasteiger partial charge in [-0.3, -0.25) is 9.36 Å². The maximum Gasteiger partial charge on any atom is 0.271 e. The third-order valence-electron chi connectivity index (χ3n) is 4.92. The van der Waals surface area contributed by atoms with Crippen molar-refractivity contribution in [1.82, 2.24) is 19.5 Å². The van der Waals surface area contributed by atoms with E-state index in [0.717, 1.165) is 46.2 Å². The average Bonchev–Trinajstić information content (AvgIpc) is 3.03. The largest absolute Gasteiger partial charge is 0.370 e. The van der Waals surface area contributed by atoms with Crippen LogP contribution in [0, 0.1) is 0 Å². The van der Waals surface area contributed by atoms with Crippen LogP contribution in [0.1, 0.15) is 38.6 Å². The lowest BCUT2D eigenvalue weighted by Gasteiger charge is -2.28. The van der Waals surface area contributed by atoms with E-state index in [1.807, 2.05) is 23.3 Å². The maximum atomic E-state index is 13.1. The third kappa shape index (κ3) is 2.91. The first-order valence-electron chi connectivity index (χ1n) is 8.64. The minimum absolute atomic E-state index is 0.0584. The number of aromatic nitrogens is 4. The Morgan fingerprint density at radius 2 is 2.08 bits per heavy atom. The Balaban J connectivity index is 1.80. The van der Waals surface area contributed by atoms with E-state index in [2.05, 4.69) is 26.5 Å². The van der Waals surface area contributed by atoms with Crippen molar-refractivity contribution in [2.45, 2.75) is 43.9 Å². The Bertz CT molecular complexity index is 959. The molecule has 1 saturated carbocycles. The van der Waals surface area contributed by atoms with Gasteiger partial charge in [0.2, 0.25) is 0 Å². The predicted molar refractivity (Wildman–Crippen MR) is 106 cm³/mol. The highest BCUT2D eigenvalue weighted by Gasteiger charge is 2.24. The van der Waals surface area contributed by atoms with Gasteiger partial charge in [0, 0.05) is 17.8 Å². The van der Waals surface area contributed by atoms with Crippen molar-refractivity contribution in [2.75, 3.05) is 18.1 Å². The number of hydrogen-bond donors (Lipinski definition) is 1. The molecule has 3 heterocycles. The van der Waals surface area contributed by atoms with Crippen molar-refractivity contribution >= 4 is 49.3 Å². The Morgan fingerprint density at radius 3 is 2.80 bits per heavy atom. The van der Waals surface area contributed by atoms with Crippen molar-refractivity contribution in [1.29, 1.82) is 0 Å². The number of nitrogens with zero attached hydrogens (tertiary/aromatic N) is 4. The fourth-order valence-electron chi connectivity index (χ4n) is 3.60. The van der Waals surface area contributed by atoms with Crippen LogP contribution in [0.2, 0.25) is 0 Å². The van der Waals surface area contributed by atoms with Gasteiger partial charge in [0.15, 0.2) is 0 Å². The van der Waals surface area contributed by atoms with E-state index < -0.39 is 0 Å². The summed E-state index contributed by atoms with van der Waals surface area (Å²) in [7, 11) is 0. The van der Waals surface area contributed by atoms with E-state index in [-0.39, 0.29) is 11.6 Å². The Kier molecular flexibility index (Phi) is 4.64. The fraction of sp³-hybridized carbons (Fsp3) is 0.529. The van der Waals surface area contributed by atoms with Crippen LogP contribution >= 0.6 is 23.1 Å². The van der Waals surface area contributed by atoms with E-state index in [9.17, 15) is 4.79 Å². The van der Waals surface area contributed by atoms with E-state index in [4.69, 9.17) is 0 Å². The molecule has 25 heavy (non-hydrogen) atoms. The number of hydrogen-bond acceptors (Lipinski definition) is 7. The highest BCUT2D eigenvalue weighted by Crippen LogP contribution is 2.35. The molecular weight excluding hydrogens is 354 g/mol. The minimum atomic E-state index is 0.0584. The summed E-state index contributed by atoms with van der Waals surface area (Å²) in [6.07, 6.45) is 9.86. The summed E-state index contributed by atoms with van der Waals surface area (Å²) in [5, 5.41) is 4.83. The molecule has 8 heteroatoms. The van der Waals surface area contributed by atoms with Crippen molar-refractivity contribution in [3.05, 3.63) is 23.0 Å². The Labute approximate surface area is 154 Å². The van der Waals surface area contributed by atoms with Crippen LogP contribution in [-0.4, -0.2) is 37.6 Å². The van der Waals surface area contributed by atoms with E-state index in [0.29, 0.717) is 4.70 Å². The first kappa shape index (κ1) is 16.8. The molecule has 0 unspecified atom stereocenters. The smallest absolute Gasteiger partial charge is 0.271 e. The van der Waals surface area contributed by atoms with Crippen LogP contribution in [0.4, 0.5) is 5.82 Å². The molecule has 3 aromatic heterocycles. The predicted octanol–water partition coefficient (Wildman–Crippen LogP) is 3.68. The van der Waals surface area contributed by atoms with Gasteiger partial charge in [0.1, 0.15) is 27.2 Å². The van der Waals surface area contributed by atoms with Gasteiger partial charge in [-0.25, -0.2) is 15.0 Å². The van der Waals surface area contributed by atoms with Crippen molar-refractivity contribution in [3.8, 4) is 0 Å². The van der Waals surface area contributed by atoms with E-state index in [1.54, 1.807) is 6.33 Å². The maximum absolute atomic E-state index is 13.1. The molecule has 6 nitrogen and oxygen atoms in total. The van der Waals surface area contributed by atoms with Crippen LogP contribution in [0.3, 0.4) is 0 Å². The van der Waals surface area contributed by atoms with E-state index >= 15 is 0 Å². The number of fused-ring (bicyclic) bond motifs is 3. The van der Waals surface area contributed by atoms with Crippen LogP contribution in [-0.2, 0) is 0 Å². The summed E-state index contributed by atoms with van der Waals surface area (Å²) in [6.45, 7) is 2.78. The monoisotopic (exact) mass is 375 g/mol.